The Labute approximate surface area is 146 Å². The van der Waals surface area contributed by atoms with Crippen molar-refractivity contribution in [2.24, 2.45) is 5.73 Å². The van der Waals surface area contributed by atoms with E-state index in [4.69, 9.17) is 15.9 Å². The summed E-state index contributed by atoms with van der Waals surface area (Å²) in [6, 6.07) is 7.04. The number of carboxylic acids is 2. The van der Waals surface area contributed by atoms with Gasteiger partial charge in [-0.05, 0) is 50.8 Å². The lowest BCUT2D eigenvalue weighted by atomic mass is 10.0. The Kier molecular flexibility index (Phi) is 5.98. The number of nitrogens with zero attached hydrogens (tertiary/aromatic N) is 1. The zero-order chi connectivity index (χ0) is 18.6. The molecule has 1 aromatic heterocycles. The first-order valence-electron chi connectivity index (χ1n) is 8.29. The van der Waals surface area contributed by atoms with Crippen LogP contribution in [0, 0.1) is 6.92 Å². The molecular formula is C19H24N2O4. The monoisotopic (exact) mass is 344 g/mol. The van der Waals surface area contributed by atoms with E-state index in [-0.39, 0.29) is 6.04 Å². The molecule has 0 saturated carbocycles. The predicted octanol–water partition coefficient (Wildman–Crippen LogP) is 2.50. The van der Waals surface area contributed by atoms with Crippen molar-refractivity contribution in [3.63, 3.8) is 0 Å². The highest BCUT2D eigenvalue weighted by Crippen LogP contribution is 2.32. The van der Waals surface area contributed by atoms with Crippen LogP contribution >= 0.6 is 0 Å². The zero-order valence-corrected chi connectivity index (χ0v) is 14.5. The normalized spacial score (nSPS) is 14.2. The lowest BCUT2D eigenvalue weighted by Crippen LogP contribution is -2.18. The summed E-state index contributed by atoms with van der Waals surface area (Å²) in [7, 11) is 0. The van der Waals surface area contributed by atoms with Gasteiger partial charge in [-0.15, -0.1) is 0 Å². The Morgan fingerprint density at radius 2 is 1.92 bits per heavy atom. The average molecular weight is 344 g/mol. The molecule has 134 valence electrons. The molecule has 1 unspecified atom stereocenters. The van der Waals surface area contributed by atoms with Gasteiger partial charge in [-0.2, -0.15) is 0 Å². The average Bonchev–Trinajstić information content (AvgIpc) is 3.08. The van der Waals surface area contributed by atoms with Crippen molar-refractivity contribution >= 4 is 22.8 Å². The van der Waals surface area contributed by atoms with Crippen LogP contribution in [0.15, 0.2) is 30.4 Å². The summed E-state index contributed by atoms with van der Waals surface area (Å²) in [6.07, 6.45) is 4.62. The van der Waals surface area contributed by atoms with Crippen molar-refractivity contribution < 1.29 is 19.8 Å². The van der Waals surface area contributed by atoms with Crippen LogP contribution in [0.4, 0.5) is 0 Å². The molecule has 6 heteroatoms. The van der Waals surface area contributed by atoms with E-state index in [2.05, 4.69) is 36.6 Å². The minimum absolute atomic E-state index is 0.242. The summed E-state index contributed by atoms with van der Waals surface area (Å²) < 4.78 is 2.49. The first-order chi connectivity index (χ1) is 11.8. The van der Waals surface area contributed by atoms with Gasteiger partial charge < -0.3 is 20.5 Å². The summed E-state index contributed by atoms with van der Waals surface area (Å²) in [4.78, 5) is 19.1. The van der Waals surface area contributed by atoms with Crippen LogP contribution in [0.1, 0.15) is 30.2 Å². The molecule has 0 aliphatic carbocycles. The summed E-state index contributed by atoms with van der Waals surface area (Å²) in [5.74, 6) is -2.51. The fourth-order valence-electron chi connectivity index (χ4n) is 3.23. The fraction of sp³-hybridized carbons (Fsp3) is 0.368. The molecule has 1 atom stereocenters. The third-order valence-electron chi connectivity index (χ3n) is 4.13. The van der Waals surface area contributed by atoms with Crippen LogP contribution in [-0.4, -0.2) is 32.8 Å². The lowest BCUT2D eigenvalue weighted by molar-refractivity contribution is -0.134. The number of aromatic nitrogens is 1. The molecule has 0 fully saturated rings. The topological polar surface area (TPSA) is 106 Å². The van der Waals surface area contributed by atoms with E-state index in [1.165, 1.54) is 47.1 Å². The second kappa shape index (κ2) is 7.98. The van der Waals surface area contributed by atoms with E-state index in [9.17, 15) is 9.59 Å². The number of hydrogen-bond donors (Lipinski definition) is 3. The number of carboxylic acid groups (broad SMARTS) is 2. The van der Waals surface area contributed by atoms with Crippen LogP contribution in [0.5, 0.6) is 0 Å². The maximum absolute atomic E-state index is 9.55. The largest absolute Gasteiger partial charge is 0.478 e. The molecular weight excluding hydrogens is 320 g/mol. The molecule has 0 bridgehead atoms. The van der Waals surface area contributed by atoms with Gasteiger partial charge in [-0.1, -0.05) is 11.6 Å². The Hall–Kier alpha value is -2.60. The van der Waals surface area contributed by atoms with Gasteiger partial charge in [0.25, 0.3) is 0 Å². The van der Waals surface area contributed by atoms with Gasteiger partial charge in [0.15, 0.2) is 0 Å². The SMILES string of the molecule is Cc1ccc2c(c1)c(CC(C)N)c1n2CCC1.O=C(O)C=CC(=O)O. The number of fused-ring (bicyclic) bond motifs is 3. The molecule has 2 aromatic rings. The van der Waals surface area contributed by atoms with Crippen molar-refractivity contribution in [2.75, 3.05) is 0 Å². The van der Waals surface area contributed by atoms with Crippen molar-refractivity contribution in [2.45, 2.75) is 45.7 Å². The van der Waals surface area contributed by atoms with E-state index < -0.39 is 11.9 Å². The molecule has 1 aromatic carbocycles. The molecule has 4 N–H and O–H groups in total. The fourth-order valence-corrected chi connectivity index (χ4v) is 3.23. The van der Waals surface area contributed by atoms with Crippen molar-refractivity contribution in [3.8, 4) is 0 Å². The molecule has 0 spiro atoms. The van der Waals surface area contributed by atoms with Crippen LogP contribution in [0.25, 0.3) is 10.9 Å². The predicted molar refractivity (Wildman–Crippen MR) is 96.8 cm³/mol. The summed E-state index contributed by atoms with van der Waals surface area (Å²) in [5.41, 5.74) is 11.8. The molecule has 2 heterocycles. The molecule has 25 heavy (non-hydrogen) atoms. The molecule has 0 saturated heterocycles. The minimum Gasteiger partial charge on any atom is -0.478 e. The number of nitrogens with two attached hydrogens (primary N) is 1. The third kappa shape index (κ3) is 4.70. The zero-order valence-electron chi connectivity index (χ0n) is 14.5. The molecule has 1 aliphatic heterocycles. The van der Waals surface area contributed by atoms with E-state index >= 15 is 0 Å². The van der Waals surface area contributed by atoms with E-state index in [0.717, 1.165) is 6.42 Å². The number of carbonyl (C=O) groups is 2. The van der Waals surface area contributed by atoms with Crippen LogP contribution in [-0.2, 0) is 29.0 Å². The van der Waals surface area contributed by atoms with Gasteiger partial charge in [0.1, 0.15) is 0 Å². The highest BCUT2D eigenvalue weighted by Gasteiger charge is 2.21. The van der Waals surface area contributed by atoms with Gasteiger partial charge in [0.05, 0.1) is 0 Å². The Morgan fingerprint density at radius 1 is 1.28 bits per heavy atom. The van der Waals surface area contributed by atoms with E-state index in [1.54, 1.807) is 0 Å². The standard InChI is InChI=1S/C15H20N2.C4H4O4/c1-10-5-6-15-12(8-10)13(9-11(2)16)14-4-3-7-17(14)15;5-3(6)1-2-4(7)8/h5-6,8,11H,3-4,7,9,16H2,1-2H3;1-2H,(H,5,6)(H,7,8). The van der Waals surface area contributed by atoms with Crippen LogP contribution in [0.3, 0.4) is 0 Å². The second-order valence-corrected chi connectivity index (χ2v) is 6.39. The number of aliphatic carboxylic acids is 2. The first-order valence-corrected chi connectivity index (χ1v) is 8.29. The number of rotatable bonds is 4. The third-order valence-corrected chi connectivity index (χ3v) is 4.13. The maximum atomic E-state index is 9.55. The molecule has 3 rings (SSSR count). The molecule has 0 radical (unpaired) electrons. The number of benzene rings is 1. The second-order valence-electron chi connectivity index (χ2n) is 6.39. The minimum atomic E-state index is -1.26. The smallest absolute Gasteiger partial charge is 0.328 e. The van der Waals surface area contributed by atoms with Crippen molar-refractivity contribution in [1.82, 2.24) is 4.57 Å². The number of hydrogen-bond acceptors (Lipinski definition) is 3. The summed E-state index contributed by atoms with van der Waals surface area (Å²) in [5, 5.41) is 17.1. The van der Waals surface area contributed by atoms with Crippen LogP contribution < -0.4 is 5.73 Å². The molecule has 0 amide bonds. The van der Waals surface area contributed by atoms with E-state index in [1.807, 2.05) is 0 Å². The highest BCUT2D eigenvalue weighted by molar-refractivity contribution is 5.89. The van der Waals surface area contributed by atoms with Gasteiger partial charge in [-0.25, -0.2) is 9.59 Å². The molecule has 6 nitrogen and oxygen atoms in total. The quantitative estimate of drug-likeness (QED) is 0.739. The summed E-state index contributed by atoms with van der Waals surface area (Å²) >= 11 is 0. The first kappa shape index (κ1) is 18.7. The van der Waals surface area contributed by atoms with Gasteiger partial charge >= 0.3 is 11.9 Å². The Bertz CT molecular complexity index is 802. The highest BCUT2D eigenvalue weighted by atomic mass is 16.4. The van der Waals surface area contributed by atoms with Crippen LogP contribution in [0.2, 0.25) is 0 Å². The Balaban J connectivity index is 0.000000242. The lowest BCUT2D eigenvalue weighted by Gasteiger charge is -2.06. The van der Waals surface area contributed by atoms with E-state index in [0.29, 0.717) is 12.2 Å². The Morgan fingerprint density at radius 3 is 2.48 bits per heavy atom. The number of aryl methyl sites for hydroxylation is 2. The van der Waals surface area contributed by atoms with Crippen molar-refractivity contribution in [1.29, 1.82) is 0 Å². The van der Waals surface area contributed by atoms with Gasteiger partial charge in [0.2, 0.25) is 0 Å². The van der Waals surface area contributed by atoms with Gasteiger partial charge in [-0.3, -0.25) is 0 Å². The molecule has 1 aliphatic rings. The van der Waals surface area contributed by atoms with Gasteiger partial charge in [0, 0.05) is 41.3 Å². The maximum Gasteiger partial charge on any atom is 0.328 e. The summed E-state index contributed by atoms with van der Waals surface area (Å²) in [6.45, 7) is 5.44. The van der Waals surface area contributed by atoms with Crippen molar-refractivity contribution in [3.05, 3.63) is 47.2 Å².